The van der Waals surface area contributed by atoms with Crippen molar-refractivity contribution < 1.29 is 13.2 Å². The van der Waals surface area contributed by atoms with Crippen LogP contribution >= 0.6 is 11.3 Å². The van der Waals surface area contributed by atoms with Crippen molar-refractivity contribution in [3.63, 3.8) is 0 Å². The predicted octanol–water partition coefficient (Wildman–Crippen LogP) is 3.02. The van der Waals surface area contributed by atoms with E-state index in [1.165, 1.54) is 23.5 Å². The highest BCUT2D eigenvalue weighted by Gasteiger charge is 2.35. The highest BCUT2D eigenvalue weighted by atomic mass is 32.1. The number of nitrogens with zero attached hydrogens (tertiary/aromatic N) is 1. The van der Waals surface area contributed by atoms with Crippen LogP contribution < -0.4 is 11.3 Å². The van der Waals surface area contributed by atoms with Gasteiger partial charge < -0.3 is 0 Å². The molecule has 2 aromatic rings. The van der Waals surface area contributed by atoms with Crippen molar-refractivity contribution in [2.45, 2.75) is 19.1 Å². The summed E-state index contributed by atoms with van der Waals surface area (Å²) in [7, 11) is 0. The van der Waals surface area contributed by atoms with Gasteiger partial charge in [0.2, 0.25) is 0 Å². The van der Waals surface area contributed by atoms with E-state index in [0.717, 1.165) is 6.07 Å². The first-order valence-electron chi connectivity index (χ1n) is 5.47. The van der Waals surface area contributed by atoms with E-state index in [4.69, 9.17) is 5.84 Å². The maximum absolute atomic E-state index is 13.0. The molecule has 0 amide bonds. The van der Waals surface area contributed by atoms with Crippen LogP contribution in [0.25, 0.3) is 0 Å². The molecule has 0 aliphatic heterocycles. The number of aryl methyl sites for hydroxylation is 1. The van der Waals surface area contributed by atoms with Crippen molar-refractivity contribution in [3.05, 3.63) is 51.5 Å². The van der Waals surface area contributed by atoms with Gasteiger partial charge in [-0.05, 0) is 18.6 Å². The lowest BCUT2D eigenvalue weighted by atomic mass is 9.98. The number of aromatic nitrogens is 1. The largest absolute Gasteiger partial charge is 0.416 e. The van der Waals surface area contributed by atoms with Crippen LogP contribution in [0.5, 0.6) is 0 Å². The SMILES string of the molecule is Cc1ncsc1C(NN)c1ccccc1C(F)(F)F. The molecule has 0 radical (unpaired) electrons. The summed E-state index contributed by atoms with van der Waals surface area (Å²) in [6, 6.07) is 4.68. The average Bonchev–Trinajstić information content (AvgIpc) is 2.76. The second-order valence-electron chi connectivity index (χ2n) is 3.99. The van der Waals surface area contributed by atoms with Gasteiger partial charge in [-0.3, -0.25) is 5.84 Å². The van der Waals surface area contributed by atoms with E-state index in [-0.39, 0.29) is 5.56 Å². The Morgan fingerprint density at radius 1 is 1.32 bits per heavy atom. The van der Waals surface area contributed by atoms with Crippen molar-refractivity contribution >= 4 is 11.3 Å². The summed E-state index contributed by atoms with van der Waals surface area (Å²) in [6.07, 6.45) is -4.41. The van der Waals surface area contributed by atoms with Crippen molar-refractivity contribution in [2.24, 2.45) is 5.84 Å². The minimum atomic E-state index is -4.41. The van der Waals surface area contributed by atoms with Crippen LogP contribution in [0.3, 0.4) is 0 Å². The molecule has 0 spiro atoms. The fourth-order valence-electron chi connectivity index (χ4n) is 1.90. The predicted molar refractivity (Wildman–Crippen MR) is 67.5 cm³/mol. The number of nitrogens with two attached hydrogens (primary N) is 1. The number of halogens is 3. The minimum Gasteiger partial charge on any atom is -0.271 e. The lowest BCUT2D eigenvalue weighted by Crippen LogP contribution is -2.30. The van der Waals surface area contributed by atoms with Gasteiger partial charge in [0, 0.05) is 0 Å². The Labute approximate surface area is 112 Å². The van der Waals surface area contributed by atoms with Gasteiger partial charge in [0.15, 0.2) is 0 Å². The summed E-state index contributed by atoms with van der Waals surface area (Å²) < 4.78 is 39.0. The van der Waals surface area contributed by atoms with Crippen molar-refractivity contribution in [1.29, 1.82) is 0 Å². The molecule has 1 aromatic carbocycles. The van der Waals surface area contributed by atoms with Gasteiger partial charge in [0.25, 0.3) is 0 Å². The standard InChI is InChI=1S/C12H12F3N3S/c1-7-11(19-6-17-7)10(18-16)8-4-2-3-5-9(8)12(13,14)15/h2-6,10,18H,16H2,1H3. The van der Waals surface area contributed by atoms with E-state index >= 15 is 0 Å². The Balaban J connectivity index is 2.54. The normalized spacial score (nSPS) is 13.5. The molecular formula is C12H12F3N3S. The fourth-order valence-corrected chi connectivity index (χ4v) is 2.78. The molecule has 0 saturated carbocycles. The molecule has 0 aliphatic rings. The lowest BCUT2D eigenvalue weighted by Gasteiger charge is -2.20. The van der Waals surface area contributed by atoms with Gasteiger partial charge in [-0.25, -0.2) is 10.4 Å². The topological polar surface area (TPSA) is 50.9 Å². The number of nitrogens with one attached hydrogen (secondary N) is 1. The van der Waals surface area contributed by atoms with Gasteiger partial charge >= 0.3 is 6.18 Å². The molecule has 0 bridgehead atoms. The zero-order valence-corrected chi connectivity index (χ0v) is 10.8. The summed E-state index contributed by atoms with van der Waals surface area (Å²) in [4.78, 5) is 4.72. The molecule has 0 saturated heterocycles. The highest BCUT2D eigenvalue weighted by Crippen LogP contribution is 2.37. The average molecular weight is 287 g/mol. The van der Waals surface area contributed by atoms with Crippen LogP contribution in [-0.2, 0) is 6.18 Å². The Hall–Kier alpha value is -1.44. The van der Waals surface area contributed by atoms with E-state index in [1.54, 1.807) is 18.5 Å². The summed E-state index contributed by atoms with van der Waals surface area (Å²) >= 11 is 1.28. The Morgan fingerprint density at radius 2 is 2.00 bits per heavy atom. The number of hydrazine groups is 1. The van der Waals surface area contributed by atoms with Crippen LogP contribution in [-0.4, -0.2) is 4.98 Å². The molecule has 1 atom stereocenters. The van der Waals surface area contributed by atoms with E-state index < -0.39 is 17.8 Å². The van der Waals surface area contributed by atoms with Crippen LogP contribution in [0.15, 0.2) is 29.8 Å². The first-order valence-corrected chi connectivity index (χ1v) is 6.35. The van der Waals surface area contributed by atoms with Gasteiger partial charge in [-0.1, -0.05) is 18.2 Å². The molecule has 1 unspecified atom stereocenters. The maximum atomic E-state index is 13.0. The minimum absolute atomic E-state index is 0.102. The molecule has 2 rings (SSSR count). The number of hydrogen-bond donors (Lipinski definition) is 2. The molecule has 1 heterocycles. The molecule has 19 heavy (non-hydrogen) atoms. The maximum Gasteiger partial charge on any atom is 0.416 e. The van der Waals surface area contributed by atoms with Crippen LogP contribution in [0.2, 0.25) is 0 Å². The van der Waals surface area contributed by atoms with Crippen LogP contribution in [0.4, 0.5) is 13.2 Å². The fraction of sp³-hybridized carbons (Fsp3) is 0.250. The van der Waals surface area contributed by atoms with Crippen molar-refractivity contribution in [3.8, 4) is 0 Å². The molecule has 3 nitrogen and oxygen atoms in total. The lowest BCUT2D eigenvalue weighted by molar-refractivity contribution is -0.138. The molecule has 102 valence electrons. The zero-order valence-electron chi connectivity index (χ0n) is 10.0. The Bertz CT molecular complexity index is 565. The first-order chi connectivity index (χ1) is 8.95. The third-order valence-corrected chi connectivity index (χ3v) is 3.78. The Morgan fingerprint density at radius 3 is 2.53 bits per heavy atom. The second-order valence-corrected chi connectivity index (χ2v) is 4.87. The smallest absolute Gasteiger partial charge is 0.271 e. The summed E-state index contributed by atoms with van der Waals surface area (Å²) in [5, 5.41) is 0. The number of rotatable bonds is 3. The number of thiazole rings is 1. The number of hydrogen-bond acceptors (Lipinski definition) is 4. The van der Waals surface area contributed by atoms with E-state index in [2.05, 4.69) is 10.4 Å². The monoisotopic (exact) mass is 287 g/mol. The van der Waals surface area contributed by atoms with Crippen LogP contribution in [0.1, 0.15) is 27.7 Å². The van der Waals surface area contributed by atoms with E-state index in [1.807, 2.05) is 0 Å². The third kappa shape index (κ3) is 2.78. The number of alkyl halides is 3. The van der Waals surface area contributed by atoms with E-state index in [0.29, 0.717) is 10.6 Å². The molecule has 0 aliphatic carbocycles. The summed E-state index contributed by atoms with van der Waals surface area (Å²) in [6.45, 7) is 1.74. The van der Waals surface area contributed by atoms with Gasteiger partial charge in [0.05, 0.1) is 27.7 Å². The molecular weight excluding hydrogens is 275 g/mol. The van der Waals surface area contributed by atoms with Gasteiger partial charge in [0.1, 0.15) is 0 Å². The summed E-state index contributed by atoms with van der Waals surface area (Å²) in [5.41, 5.74) is 4.12. The zero-order chi connectivity index (χ0) is 14.0. The van der Waals surface area contributed by atoms with Crippen LogP contribution in [0, 0.1) is 6.92 Å². The number of benzene rings is 1. The second kappa shape index (κ2) is 5.28. The molecule has 1 aromatic heterocycles. The third-order valence-electron chi connectivity index (χ3n) is 2.79. The van der Waals surface area contributed by atoms with E-state index in [9.17, 15) is 13.2 Å². The van der Waals surface area contributed by atoms with Crippen molar-refractivity contribution in [2.75, 3.05) is 0 Å². The molecule has 3 N–H and O–H groups in total. The highest BCUT2D eigenvalue weighted by molar-refractivity contribution is 7.09. The molecule has 0 fully saturated rings. The van der Waals surface area contributed by atoms with Crippen molar-refractivity contribution in [1.82, 2.24) is 10.4 Å². The summed E-state index contributed by atoms with van der Waals surface area (Å²) in [5.74, 6) is 5.44. The molecule has 7 heteroatoms. The quantitative estimate of drug-likeness (QED) is 0.674. The van der Waals surface area contributed by atoms with Gasteiger partial charge in [-0.2, -0.15) is 13.2 Å². The Kier molecular flexibility index (Phi) is 3.88. The van der Waals surface area contributed by atoms with Gasteiger partial charge in [-0.15, -0.1) is 11.3 Å². The first kappa shape index (κ1) is 14.0.